The lowest BCUT2D eigenvalue weighted by molar-refractivity contribution is 0.924. The molecular formula is C21H21N3S. The maximum atomic E-state index is 5.42. The number of aryl methyl sites for hydroxylation is 1. The van der Waals surface area contributed by atoms with E-state index in [1.165, 1.54) is 16.7 Å². The Balaban J connectivity index is 1.66. The van der Waals surface area contributed by atoms with Crippen LogP contribution >= 0.6 is 12.2 Å². The average molecular weight is 347 g/mol. The van der Waals surface area contributed by atoms with E-state index in [1.54, 1.807) is 6.20 Å². The molecule has 0 saturated carbocycles. The predicted octanol–water partition coefficient (Wildman–Crippen LogP) is 4.47. The Bertz CT molecular complexity index is 847. The van der Waals surface area contributed by atoms with Gasteiger partial charge in [0.15, 0.2) is 5.11 Å². The summed E-state index contributed by atoms with van der Waals surface area (Å²) in [7, 11) is 0. The second-order valence-corrected chi connectivity index (χ2v) is 6.32. The SMILES string of the molecule is Cc1ccccc1Cc1cccnc1NC(=S)NCc1ccccc1. The van der Waals surface area contributed by atoms with Gasteiger partial charge in [0.2, 0.25) is 0 Å². The maximum Gasteiger partial charge on any atom is 0.172 e. The fourth-order valence-corrected chi connectivity index (χ4v) is 2.81. The summed E-state index contributed by atoms with van der Waals surface area (Å²) in [6.45, 7) is 2.82. The Morgan fingerprint density at radius 1 is 0.920 bits per heavy atom. The number of hydrogen-bond acceptors (Lipinski definition) is 2. The van der Waals surface area contributed by atoms with Crippen molar-refractivity contribution in [1.29, 1.82) is 0 Å². The monoisotopic (exact) mass is 347 g/mol. The van der Waals surface area contributed by atoms with E-state index in [2.05, 4.69) is 65.0 Å². The molecule has 3 aromatic rings. The highest BCUT2D eigenvalue weighted by Gasteiger charge is 2.07. The van der Waals surface area contributed by atoms with E-state index in [0.29, 0.717) is 11.7 Å². The van der Waals surface area contributed by atoms with Gasteiger partial charge in [0.25, 0.3) is 0 Å². The van der Waals surface area contributed by atoms with Crippen LogP contribution in [-0.4, -0.2) is 10.1 Å². The Labute approximate surface area is 154 Å². The van der Waals surface area contributed by atoms with Crippen molar-refractivity contribution in [3.05, 3.63) is 95.2 Å². The minimum absolute atomic E-state index is 0.577. The zero-order valence-corrected chi connectivity index (χ0v) is 15.0. The van der Waals surface area contributed by atoms with Gasteiger partial charge in [-0.25, -0.2) is 4.98 Å². The molecule has 0 aliphatic rings. The minimum Gasteiger partial charge on any atom is -0.358 e. The first-order chi connectivity index (χ1) is 12.2. The molecule has 4 heteroatoms. The molecule has 0 spiro atoms. The Kier molecular flexibility index (Phi) is 5.75. The van der Waals surface area contributed by atoms with Gasteiger partial charge in [0, 0.05) is 19.2 Å². The van der Waals surface area contributed by atoms with Crippen molar-refractivity contribution >= 4 is 23.1 Å². The third kappa shape index (κ3) is 4.88. The zero-order chi connectivity index (χ0) is 17.5. The number of anilines is 1. The van der Waals surface area contributed by atoms with Crippen LogP contribution in [0.15, 0.2) is 72.9 Å². The van der Waals surface area contributed by atoms with E-state index in [1.807, 2.05) is 24.3 Å². The van der Waals surface area contributed by atoms with Gasteiger partial charge in [0.05, 0.1) is 0 Å². The first kappa shape index (κ1) is 17.1. The van der Waals surface area contributed by atoms with Crippen molar-refractivity contribution < 1.29 is 0 Å². The topological polar surface area (TPSA) is 37.0 Å². The summed E-state index contributed by atoms with van der Waals surface area (Å²) in [6, 6.07) is 22.6. The molecule has 1 heterocycles. The predicted molar refractivity (Wildman–Crippen MR) is 108 cm³/mol. The van der Waals surface area contributed by atoms with Crippen molar-refractivity contribution in [1.82, 2.24) is 10.3 Å². The first-order valence-corrected chi connectivity index (χ1v) is 8.70. The van der Waals surface area contributed by atoms with Crippen LogP contribution in [0.3, 0.4) is 0 Å². The lowest BCUT2D eigenvalue weighted by atomic mass is 10.0. The van der Waals surface area contributed by atoms with E-state index >= 15 is 0 Å². The molecule has 0 atom stereocenters. The molecule has 3 rings (SSSR count). The third-order valence-corrected chi connectivity index (χ3v) is 4.31. The second kappa shape index (κ2) is 8.40. The maximum absolute atomic E-state index is 5.42. The Morgan fingerprint density at radius 2 is 1.64 bits per heavy atom. The van der Waals surface area contributed by atoms with Crippen LogP contribution in [0, 0.1) is 6.92 Å². The molecule has 2 N–H and O–H groups in total. The molecule has 0 aliphatic carbocycles. The van der Waals surface area contributed by atoms with Crippen LogP contribution in [0.2, 0.25) is 0 Å². The largest absolute Gasteiger partial charge is 0.358 e. The number of pyridine rings is 1. The number of benzene rings is 2. The fourth-order valence-electron chi connectivity index (χ4n) is 2.64. The van der Waals surface area contributed by atoms with Crippen LogP contribution in [0.25, 0.3) is 0 Å². The van der Waals surface area contributed by atoms with Gasteiger partial charge in [-0.1, -0.05) is 60.7 Å². The fraction of sp³-hybridized carbons (Fsp3) is 0.143. The highest BCUT2D eigenvalue weighted by Crippen LogP contribution is 2.18. The van der Waals surface area contributed by atoms with Crippen molar-refractivity contribution in [2.75, 3.05) is 5.32 Å². The molecule has 0 fully saturated rings. The summed E-state index contributed by atoms with van der Waals surface area (Å²) in [4.78, 5) is 4.46. The van der Waals surface area contributed by atoms with Crippen LogP contribution in [0.1, 0.15) is 22.3 Å². The molecule has 0 amide bonds. The quantitative estimate of drug-likeness (QED) is 0.668. The van der Waals surface area contributed by atoms with E-state index in [-0.39, 0.29) is 0 Å². The second-order valence-electron chi connectivity index (χ2n) is 5.91. The van der Waals surface area contributed by atoms with Crippen molar-refractivity contribution in [2.45, 2.75) is 19.9 Å². The number of thiocarbonyl (C=S) groups is 1. The normalized spacial score (nSPS) is 10.3. The minimum atomic E-state index is 0.577. The number of nitrogens with zero attached hydrogens (tertiary/aromatic N) is 1. The summed E-state index contributed by atoms with van der Waals surface area (Å²) in [5, 5.41) is 7.04. The zero-order valence-electron chi connectivity index (χ0n) is 14.2. The molecule has 0 unspecified atom stereocenters. The molecular weight excluding hydrogens is 326 g/mol. The molecule has 0 saturated heterocycles. The molecule has 2 aromatic carbocycles. The smallest absolute Gasteiger partial charge is 0.172 e. The first-order valence-electron chi connectivity index (χ1n) is 8.29. The van der Waals surface area contributed by atoms with E-state index in [9.17, 15) is 0 Å². The Morgan fingerprint density at radius 3 is 2.44 bits per heavy atom. The van der Waals surface area contributed by atoms with Gasteiger partial charge in [-0.15, -0.1) is 0 Å². The van der Waals surface area contributed by atoms with Gasteiger partial charge < -0.3 is 10.6 Å². The molecule has 3 nitrogen and oxygen atoms in total. The number of rotatable bonds is 5. The molecule has 25 heavy (non-hydrogen) atoms. The van der Waals surface area contributed by atoms with Gasteiger partial charge in [-0.2, -0.15) is 0 Å². The standard InChI is InChI=1S/C21H21N3S/c1-16-8-5-6-11-18(16)14-19-12-7-13-22-20(19)24-21(25)23-15-17-9-3-2-4-10-17/h2-13H,14-15H2,1H3,(H2,22,23,24,25). The van der Waals surface area contributed by atoms with Gasteiger partial charge in [-0.3, -0.25) is 0 Å². The van der Waals surface area contributed by atoms with Crippen LogP contribution in [-0.2, 0) is 13.0 Å². The van der Waals surface area contributed by atoms with E-state index < -0.39 is 0 Å². The third-order valence-electron chi connectivity index (χ3n) is 4.06. The summed E-state index contributed by atoms with van der Waals surface area (Å²) in [5.74, 6) is 0.802. The van der Waals surface area contributed by atoms with E-state index in [0.717, 1.165) is 17.8 Å². The van der Waals surface area contributed by atoms with Gasteiger partial charge >= 0.3 is 0 Å². The van der Waals surface area contributed by atoms with Crippen molar-refractivity contribution in [3.63, 3.8) is 0 Å². The van der Waals surface area contributed by atoms with Crippen LogP contribution < -0.4 is 10.6 Å². The molecule has 1 aromatic heterocycles. The molecule has 0 radical (unpaired) electrons. The van der Waals surface area contributed by atoms with E-state index in [4.69, 9.17) is 12.2 Å². The summed E-state index contributed by atoms with van der Waals surface area (Å²) >= 11 is 5.42. The lowest BCUT2D eigenvalue weighted by Gasteiger charge is -2.14. The number of hydrogen-bond donors (Lipinski definition) is 2. The van der Waals surface area contributed by atoms with Crippen LogP contribution in [0.4, 0.5) is 5.82 Å². The highest BCUT2D eigenvalue weighted by atomic mass is 32.1. The summed E-state index contributed by atoms with van der Waals surface area (Å²) in [6.07, 6.45) is 2.60. The van der Waals surface area contributed by atoms with Crippen molar-refractivity contribution in [3.8, 4) is 0 Å². The molecule has 0 aliphatic heterocycles. The molecule has 0 bridgehead atoms. The average Bonchev–Trinajstić information content (AvgIpc) is 2.64. The highest BCUT2D eigenvalue weighted by molar-refractivity contribution is 7.80. The summed E-state index contributed by atoms with van der Waals surface area (Å²) in [5.41, 5.74) is 4.89. The number of nitrogens with one attached hydrogen (secondary N) is 2. The lowest BCUT2D eigenvalue weighted by Crippen LogP contribution is -2.28. The van der Waals surface area contributed by atoms with Crippen LogP contribution in [0.5, 0.6) is 0 Å². The Hall–Kier alpha value is -2.72. The van der Waals surface area contributed by atoms with Gasteiger partial charge in [0.1, 0.15) is 5.82 Å². The molecule has 126 valence electrons. The van der Waals surface area contributed by atoms with Crippen molar-refractivity contribution in [2.24, 2.45) is 0 Å². The van der Waals surface area contributed by atoms with Gasteiger partial charge in [-0.05, 0) is 47.5 Å². The number of aromatic nitrogens is 1. The summed E-state index contributed by atoms with van der Waals surface area (Å²) < 4.78 is 0.